The molecule has 1 rings (SSSR count). The van der Waals surface area contributed by atoms with E-state index in [4.69, 9.17) is 0 Å². The summed E-state index contributed by atoms with van der Waals surface area (Å²) in [7, 11) is 0. The van der Waals surface area contributed by atoms with Crippen molar-refractivity contribution < 1.29 is 5.11 Å². The van der Waals surface area contributed by atoms with Gasteiger partial charge in [0.05, 0.1) is 10.5 Å². The fourth-order valence-electron chi connectivity index (χ4n) is 0.872. The van der Waals surface area contributed by atoms with E-state index < -0.39 is 5.60 Å². The van der Waals surface area contributed by atoms with Crippen LogP contribution in [0.5, 0.6) is 0 Å². The van der Waals surface area contributed by atoms with Crippen LogP contribution in [0.4, 0.5) is 5.13 Å². The molecule has 1 aromatic heterocycles. The minimum absolute atomic E-state index is 0.800. The molecule has 0 amide bonds. The maximum Gasteiger partial charge on any atom is 0.186 e. The normalized spacial score (nSPS) is 12.3. The standard InChI is InChI=1S/C10H16N2OS/c1-4-5-6-11-9-12-7-8(14-9)10(2,3)13/h5-7,13H,4H2,1-3H3,(H,11,12)/b6-5+. The molecule has 0 atom stereocenters. The molecule has 4 heteroatoms. The molecule has 3 nitrogen and oxygen atoms in total. The average Bonchev–Trinajstić information content (AvgIpc) is 2.52. The Morgan fingerprint density at radius 1 is 1.64 bits per heavy atom. The number of thiazole rings is 1. The third-order valence-electron chi connectivity index (χ3n) is 1.67. The Hall–Kier alpha value is -0.870. The van der Waals surface area contributed by atoms with E-state index in [-0.39, 0.29) is 0 Å². The van der Waals surface area contributed by atoms with Crippen LogP contribution < -0.4 is 5.32 Å². The van der Waals surface area contributed by atoms with Gasteiger partial charge in [0, 0.05) is 6.20 Å². The van der Waals surface area contributed by atoms with Gasteiger partial charge in [-0.25, -0.2) is 4.98 Å². The van der Waals surface area contributed by atoms with Crippen LogP contribution in [-0.2, 0) is 5.60 Å². The molecule has 0 unspecified atom stereocenters. The van der Waals surface area contributed by atoms with Gasteiger partial charge in [-0.1, -0.05) is 24.3 Å². The van der Waals surface area contributed by atoms with Crippen LogP contribution >= 0.6 is 11.3 Å². The highest BCUT2D eigenvalue weighted by molar-refractivity contribution is 7.15. The molecule has 0 aliphatic rings. The molecule has 0 aliphatic carbocycles. The molecule has 1 heterocycles. The molecule has 0 aromatic carbocycles. The van der Waals surface area contributed by atoms with Gasteiger partial charge >= 0.3 is 0 Å². The molecule has 0 fully saturated rings. The summed E-state index contributed by atoms with van der Waals surface area (Å²) in [6.07, 6.45) is 6.58. The second kappa shape index (κ2) is 4.57. The number of aromatic nitrogens is 1. The highest BCUT2D eigenvalue weighted by atomic mass is 32.1. The first-order valence-corrected chi connectivity index (χ1v) is 5.46. The van der Waals surface area contributed by atoms with Crippen molar-refractivity contribution in [2.24, 2.45) is 0 Å². The Bertz CT molecular complexity index is 312. The molecule has 78 valence electrons. The molecule has 0 saturated carbocycles. The molecule has 0 bridgehead atoms. The van der Waals surface area contributed by atoms with Crippen molar-refractivity contribution in [2.45, 2.75) is 32.8 Å². The summed E-state index contributed by atoms with van der Waals surface area (Å²) in [6.45, 7) is 5.58. The first-order valence-electron chi connectivity index (χ1n) is 4.64. The minimum Gasteiger partial charge on any atom is -0.385 e. The maximum atomic E-state index is 9.70. The van der Waals surface area contributed by atoms with Gasteiger partial charge in [0.15, 0.2) is 5.13 Å². The van der Waals surface area contributed by atoms with Crippen LogP contribution in [0.1, 0.15) is 32.1 Å². The number of rotatable bonds is 4. The van der Waals surface area contributed by atoms with E-state index in [9.17, 15) is 5.11 Å². The smallest absolute Gasteiger partial charge is 0.186 e. The summed E-state index contributed by atoms with van der Waals surface area (Å²) < 4.78 is 0. The predicted octanol–water partition coefficient (Wildman–Crippen LogP) is 2.71. The Kier molecular flexibility index (Phi) is 3.66. The Morgan fingerprint density at radius 3 is 2.86 bits per heavy atom. The van der Waals surface area contributed by atoms with Gasteiger partial charge in [0.1, 0.15) is 0 Å². The number of allylic oxidation sites excluding steroid dienone is 1. The van der Waals surface area contributed by atoms with Crippen molar-refractivity contribution in [3.63, 3.8) is 0 Å². The molecule has 0 aliphatic heterocycles. The van der Waals surface area contributed by atoms with Crippen LogP contribution in [0.2, 0.25) is 0 Å². The van der Waals surface area contributed by atoms with Crippen LogP contribution in [0.3, 0.4) is 0 Å². The highest BCUT2D eigenvalue weighted by Crippen LogP contribution is 2.28. The summed E-state index contributed by atoms with van der Waals surface area (Å²) in [5, 5.41) is 13.6. The van der Waals surface area contributed by atoms with Crippen molar-refractivity contribution in [1.82, 2.24) is 4.98 Å². The zero-order valence-electron chi connectivity index (χ0n) is 8.74. The number of hydrogen-bond donors (Lipinski definition) is 2. The quantitative estimate of drug-likeness (QED) is 0.806. The van der Waals surface area contributed by atoms with Crippen molar-refractivity contribution in [2.75, 3.05) is 5.32 Å². The van der Waals surface area contributed by atoms with E-state index in [2.05, 4.69) is 17.2 Å². The van der Waals surface area contributed by atoms with Crippen molar-refractivity contribution in [3.05, 3.63) is 23.3 Å². The van der Waals surface area contributed by atoms with Crippen molar-refractivity contribution in [1.29, 1.82) is 0 Å². The zero-order valence-corrected chi connectivity index (χ0v) is 9.56. The summed E-state index contributed by atoms with van der Waals surface area (Å²) in [5.41, 5.74) is -0.800. The molecular formula is C10H16N2OS. The molecule has 1 aromatic rings. The number of nitrogens with zero attached hydrogens (tertiary/aromatic N) is 1. The van der Waals surface area contributed by atoms with Gasteiger partial charge in [-0.3, -0.25) is 0 Å². The summed E-state index contributed by atoms with van der Waals surface area (Å²) in [4.78, 5) is 5.02. The number of hydrogen-bond acceptors (Lipinski definition) is 4. The minimum atomic E-state index is -0.800. The van der Waals surface area contributed by atoms with Crippen LogP contribution in [0.15, 0.2) is 18.5 Å². The summed E-state index contributed by atoms with van der Waals surface area (Å²) in [6, 6.07) is 0. The van der Waals surface area contributed by atoms with Gasteiger partial charge < -0.3 is 10.4 Å². The topological polar surface area (TPSA) is 45.2 Å². The van der Waals surface area contributed by atoms with Gasteiger partial charge in [-0.05, 0) is 26.5 Å². The van der Waals surface area contributed by atoms with Crippen LogP contribution in [-0.4, -0.2) is 10.1 Å². The van der Waals surface area contributed by atoms with Crippen molar-refractivity contribution in [3.8, 4) is 0 Å². The molecular weight excluding hydrogens is 196 g/mol. The molecule has 0 spiro atoms. The van der Waals surface area contributed by atoms with E-state index in [0.717, 1.165) is 16.4 Å². The van der Waals surface area contributed by atoms with Gasteiger partial charge in [0.25, 0.3) is 0 Å². The first kappa shape index (κ1) is 11.2. The molecule has 0 saturated heterocycles. The predicted molar refractivity (Wildman–Crippen MR) is 60.4 cm³/mol. The first-order chi connectivity index (χ1) is 6.54. The van der Waals surface area contributed by atoms with E-state index in [1.807, 2.05) is 12.3 Å². The lowest BCUT2D eigenvalue weighted by Crippen LogP contribution is -2.12. The third kappa shape index (κ3) is 3.12. The second-order valence-corrected chi connectivity index (χ2v) is 4.57. The second-order valence-electron chi connectivity index (χ2n) is 3.54. The lowest BCUT2D eigenvalue weighted by Gasteiger charge is -2.12. The van der Waals surface area contributed by atoms with E-state index in [0.29, 0.717) is 0 Å². The third-order valence-corrected chi connectivity index (χ3v) is 2.91. The van der Waals surface area contributed by atoms with Crippen molar-refractivity contribution >= 4 is 16.5 Å². The number of nitrogens with one attached hydrogen (secondary N) is 1. The maximum absolute atomic E-state index is 9.70. The van der Waals surface area contributed by atoms with Gasteiger partial charge in [-0.15, -0.1) is 0 Å². The number of anilines is 1. The molecule has 2 N–H and O–H groups in total. The lowest BCUT2D eigenvalue weighted by atomic mass is 10.1. The lowest BCUT2D eigenvalue weighted by molar-refractivity contribution is 0.0823. The largest absolute Gasteiger partial charge is 0.385 e. The van der Waals surface area contributed by atoms with E-state index in [1.54, 1.807) is 20.0 Å². The average molecular weight is 212 g/mol. The van der Waals surface area contributed by atoms with Crippen LogP contribution in [0, 0.1) is 0 Å². The molecule has 14 heavy (non-hydrogen) atoms. The van der Waals surface area contributed by atoms with Gasteiger partial charge in [0.2, 0.25) is 0 Å². The van der Waals surface area contributed by atoms with E-state index in [1.165, 1.54) is 11.3 Å². The Labute approximate surface area is 88.5 Å². The summed E-state index contributed by atoms with van der Waals surface area (Å²) >= 11 is 1.47. The highest BCUT2D eigenvalue weighted by Gasteiger charge is 2.18. The zero-order chi connectivity index (χ0) is 10.6. The fourth-order valence-corrected chi connectivity index (χ4v) is 1.67. The Morgan fingerprint density at radius 2 is 2.36 bits per heavy atom. The number of aliphatic hydroxyl groups is 1. The summed E-state index contributed by atoms with van der Waals surface area (Å²) in [5.74, 6) is 0. The van der Waals surface area contributed by atoms with Gasteiger partial charge in [-0.2, -0.15) is 0 Å². The monoisotopic (exact) mass is 212 g/mol. The molecule has 0 radical (unpaired) electrons. The Balaban J connectivity index is 2.64. The van der Waals surface area contributed by atoms with Crippen LogP contribution in [0.25, 0.3) is 0 Å². The fraction of sp³-hybridized carbons (Fsp3) is 0.500. The SMILES string of the molecule is CC/C=C/Nc1ncc(C(C)(C)O)s1. The van der Waals surface area contributed by atoms with E-state index >= 15 is 0 Å².